The van der Waals surface area contributed by atoms with Gasteiger partial charge in [0.15, 0.2) is 0 Å². The topological polar surface area (TPSA) is 95.8 Å². The molecule has 0 atom stereocenters. The van der Waals surface area contributed by atoms with Crippen LogP contribution < -0.4 is 15.4 Å². The maximum Gasteiger partial charge on any atom is 0.280 e. The Morgan fingerprint density at radius 1 is 1.18 bits per heavy atom. The van der Waals surface area contributed by atoms with Crippen molar-refractivity contribution >= 4 is 17.1 Å². The van der Waals surface area contributed by atoms with E-state index in [0.717, 1.165) is 11.3 Å². The first-order valence-electron chi connectivity index (χ1n) is 10.7. The SMILES string of the molecule is CCOc1ncccc1-c1cc(NCc2ccc(C(F)F)nc2)c(NC(C)C)c(C(C)=N)n1. The molecule has 0 radical (unpaired) electrons. The number of alkyl halides is 2. The lowest BCUT2D eigenvalue weighted by Gasteiger charge is -2.21. The van der Waals surface area contributed by atoms with Crippen molar-refractivity contribution in [2.75, 3.05) is 17.2 Å². The van der Waals surface area contributed by atoms with E-state index in [9.17, 15) is 8.78 Å². The van der Waals surface area contributed by atoms with Gasteiger partial charge in [0.1, 0.15) is 11.4 Å². The third kappa shape index (κ3) is 6.00. The second-order valence-electron chi connectivity index (χ2n) is 7.74. The summed E-state index contributed by atoms with van der Waals surface area (Å²) in [5.74, 6) is 0.461. The molecule has 7 nitrogen and oxygen atoms in total. The minimum Gasteiger partial charge on any atom is -0.477 e. The number of halogens is 2. The molecule has 0 fully saturated rings. The monoisotopic (exact) mass is 454 g/mol. The summed E-state index contributed by atoms with van der Waals surface area (Å²) in [4.78, 5) is 12.9. The third-order valence-electron chi connectivity index (χ3n) is 4.69. The van der Waals surface area contributed by atoms with Gasteiger partial charge in [-0.25, -0.2) is 18.7 Å². The zero-order chi connectivity index (χ0) is 24.0. The first-order valence-corrected chi connectivity index (χ1v) is 10.7. The van der Waals surface area contributed by atoms with Crippen LogP contribution in [0.2, 0.25) is 0 Å². The minimum atomic E-state index is -2.60. The number of nitrogens with zero attached hydrogens (tertiary/aromatic N) is 3. The number of rotatable bonds is 10. The summed E-state index contributed by atoms with van der Waals surface area (Å²) in [5, 5.41) is 15.0. The molecule has 0 unspecified atom stereocenters. The largest absolute Gasteiger partial charge is 0.477 e. The van der Waals surface area contributed by atoms with E-state index in [1.165, 1.54) is 12.3 Å². The lowest BCUT2D eigenvalue weighted by molar-refractivity contribution is 0.146. The molecule has 3 aromatic heterocycles. The highest BCUT2D eigenvalue weighted by atomic mass is 19.3. The maximum atomic E-state index is 12.8. The van der Waals surface area contributed by atoms with E-state index in [1.807, 2.05) is 32.9 Å². The molecule has 3 N–H and O–H groups in total. The van der Waals surface area contributed by atoms with Crippen molar-refractivity contribution in [1.29, 1.82) is 5.41 Å². The third-order valence-corrected chi connectivity index (χ3v) is 4.69. The predicted octanol–water partition coefficient (Wildman–Crippen LogP) is 5.70. The molecule has 0 saturated heterocycles. The number of hydrogen-bond donors (Lipinski definition) is 3. The summed E-state index contributed by atoms with van der Waals surface area (Å²) in [6.45, 7) is 8.38. The lowest BCUT2D eigenvalue weighted by Crippen LogP contribution is -2.17. The average molecular weight is 455 g/mol. The van der Waals surface area contributed by atoms with Gasteiger partial charge in [0.05, 0.1) is 35.0 Å². The summed E-state index contributed by atoms with van der Waals surface area (Å²) >= 11 is 0. The molecule has 3 rings (SSSR count). The second-order valence-corrected chi connectivity index (χ2v) is 7.74. The Morgan fingerprint density at radius 3 is 2.58 bits per heavy atom. The van der Waals surface area contributed by atoms with E-state index in [1.54, 1.807) is 25.3 Å². The summed E-state index contributed by atoms with van der Waals surface area (Å²) in [6, 6.07) is 8.59. The quantitative estimate of drug-likeness (QED) is 0.340. The van der Waals surface area contributed by atoms with Crippen LogP contribution in [0.5, 0.6) is 5.88 Å². The standard InChI is InChI=1S/C24H28F2N6O/c1-5-33-24-17(7-6-10-28-24)19-11-20(22(31-14(2)3)21(32-19)15(4)27)30-13-16-8-9-18(23(25)26)29-12-16/h6-12,14,23,27,31H,5,13H2,1-4H3,(H,30,32). The fourth-order valence-corrected chi connectivity index (χ4v) is 3.23. The Morgan fingerprint density at radius 2 is 1.97 bits per heavy atom. The second kappa shape index (κ2) is 10.8. The summed E-state index contributed by atoms with van der Waals surface area (Å²) in [5.41, 5.74) is 4.03. The molecule has 0 aromatic carbocycles. The number of nitrogens with one attached hydrogen (secondary N) is 3. The molecule has 3 heterocycles. The Labute approximate surface area is 192 Å². The van der Waals surface area contributed by atoms with E-state index >= 15 is 0 Å². The van der Waals surface area contributed by atoms with Gasteiger partial charge in [0.25, 0.3) is 6.43 Å². The highest BCUT2D eigenvalue weighted by molar-refractivity contribution is 6.03. The number of anilines is 2. The maximum absolute atomic E-state index is 12.8. The summed E-state index contributed by atoms with van der Waals surface area (Å²) in [7, 11) is 0. The van der Waals surface area contributed by atoms with Crippen molar-refractivity contribution < 1.29 is 13.5 Å². The first kappa shape index (κ1) is 24.0. The molecule has 0 amide bonds. The Hall–Kier alpha value is -3.62. The molecule has 0 aliphatic carbocycles. The fraction of sp³-hybridized carbons (Fsp3) is 0.333. The van der Waals surface area contributed by atoms with Gasteiger partial charge in [0, 0.05) is 25.0 Å². The van der Waals surface area contributed by atoms with E-state index in [2.05, 4.69) is 20.6 Å². The van der Waals surface area contributed by atoms with Crippen LogP contribution in [0.4, 0.5) is 20.2 Å². The van der Waals surface area contributed by atoms with Crippen LogP contribution in [-0.4, -0.2) is 33.3 Å². The van der Waals surface area contributed by atoms with Crippen molar-refractivity contribution in [3.63, 3.8) is 0 Å². The van der Waals surface area contributed by atoms with Gasteiger partial charge < -0.3 is 20.8 Å². The summed E-state index contributed by atoms with van der Waals surface area (Å²) in [6.07, 6.45) is 0.485. The highest BCUT2D eigenvalue weighted by Gasteiger charge is 2.19. The van der Waals surface area contributed by atoms with Gasteiger partial charge in [-0.3, -0.25) is 4.98 Å². The molecule has 0 saturated carbocycles. The van der Waals surface area contributed by atoms with Crippen LogP contribution in [0.3, 0.4) is 0 Å². The molecule has 0 bridgehead atoms. The predicted molar refractivity (Wildman–Crippen MR) is 126 cm³/mol. The molecule has 9 heteroatoms. The van der Waals surface area contributed by atoms with Crippen molar-refractivity contribution in [2.24, 2.45) is 0 Å². The van der Waals surface area contributed by atoms with Gasteiger partial charge >= 0.3 is 0 Å². The van der Waals surface area contributed by atoms with Crippen LogP contribution in [0.1, 0.15) is 51.1 Å². The molecule has 3 aromatic rings. The molecule has 33 heavy (non-hydrogen) atoms. The Bertz CT molecular complexity index is 1100. The minimum absolute atomic E-state index is 0.0978. The lowest BCUT2D eigenvalue weighted by atomic mass is 10.1. The van der Waals surface area contributed by atoms with E-state index in [-0.39, 0.29) is 11.7 Å². The van der Waals surface area contributed by atoms with E-state index in [4.69, 9.17) is 15.1 Å². The summed E-state index contributed by atoms with van der Waals surface area (Å²) < 4.78 is 31.3. The van der Waals surface area contributed by atoms with Crippen molar-refractivity contribution in [1.82, 2.24) is 15.0 Å². The fourth-order valence-electron chi connectivity index (χ4n) is 3.23. The van der Waals surface area contributed by atoms with Gasteiger partial charge in [0.2, 0.25) is 5.88 Å². The normalized spacial score (nSPS) is 11.0. The van der Waals surface area contributed by atoms with Crippen molar-refractivity contribution in [3.05, 3.63) is 59.7 Å². The number of pyridine rings is 3. The van der Waals surface area contributed by atoms with Crippen molar-refractivity contribution in [2.45, 2.75) is 46.7 Å². The molecule has 174 valence electrons. The molecule has 0 aliphatic heterocycles. The Kier molecular flexibility index (Phi) is 7.87. The molecular formula is C24H28F2N6O. The van der Waals surface area contributed by atoms with Crippen LogP contribution >= 0.6 is 0 Å². The van der Waals surface area contributed by atoms with Crippen LogP contribution in [0, 0.1) is 5.41 Å². The molecule has 0 spiro atoms. The van der Waals surface area contributed by atoms with Crippen LogP contribution in [-0.2, 0) is 6.54 Å². The molecule has 0 aliphatic rings. The molecular weight excluding hydrogens is 426 g/mol. The van der Waals surface area contributed by atoms with Crippen molar-refractivity contribution in [3.8, 4) is 17.1 Å². The van der Waals surface area contributed by atoms with Gasteiger partial charge in [-0.05, 0) is 57.5 Å². The van der Waals surface area contributed by atoms with Crippen LogP contribution in [0.15, 0.2) is 42.7 Å². The van der Waals surface area contributed by atoms with Gasteiger partial charge in [-0.2, -0.15) is 0 Å². The van der Waals surface area contributed by atoms with Gasteiger partial charge in [-0.15, -0.1) is 0 Å². The van der Waals surface area contributed by atoms with Gasteiger partial charge in [-0.1, -0.05) is 6.07 Å². The Balaban J connectivity index is 2.04. The smallest absolute Gasteiger partial charge is 0.280 e. The zero-order valence-corrected chi connectivity index (χ0v) is 19.1. The van der Waals surface area contributed by atoms with E-state index < -0.39 is 6.43 Å². The number of aromatic nitrogens is 3. The first-order chi connectivity index (χ1) is 15.8. The highest BCUT2D eigenvalue weighted by Crippen LogP contribution is 2.34. The van der Waals surface area contributed by atoms with E-state index in [0.29, 0.717) is 47.4 Å². The average Bonchev–Trinajstić information content (AvgIpc) is 2.78. The number of hydrogen-bond acceptors (Lipinski definition) is 7. The number of ether oxygens (including phenoxy) is 1. The zero-order valence-electron chi connectivity index (χ0n) is 19.1. The van der Waals surface area contributed by atoms with Crippen LogP contribution in [0.25, 0.3) is 11.3 Å².